The quantitative estimate of drug-likeness (QED) is 0.908. The Balaban J connectivity index is 2.62. The van der Waals surface area contributed by atoms with Crippen molar-refractivity contribution in [2.24, 2.45) is 0 Å². The van der Waals surface area contributed by atoms with Crippen molar-refractivity contribution in [3.63, 3.8) is 0 Å². The second kappa shape index (κ2) is 7.15. The first-order valence-electron chi connectivity index (χ1n) is 6.64. The maximum Gasteiger partial charge on any atom is 0.407 e. The number of carbonyl (C=O) groups excluding carboxylic acids is 1. The van der Waals surface area contributed by atoms with Crippen LogP contribution in [0.2, 0.25) is 0 Å². The van der Waals surface area contributed by atoms with Gasteiger partial charge in [-0.3, -0.25) is 0 Å². The molecule has 0 aliphatic carbocycles. The van der Waals surface area contributed by atoms with Crippen LogP contribution in [0.3, 0.4) is 0 Å². The van der Waals surface area contributed by atoms with Crippen LogP contribution < -0.4 is 14.8 Å². The van der Waals surface area contributed by atoms with Gasteiger partial charge in [0.05, 0.1) is 14.2 Å². The van der Waals surface area contributed by atoms with E-state index >= 15 is 0 Å². The minimum atomic E-state index is -0.557. The van der Waals surface area contributed by atoms with Crippen LogP contribution in [0.25, 0.3) is 0 Å². The number of alkyl carbamates (subject to hydrolysis) is 1. The van der Waals surface area contributed by atoms with Crippen LogP contribution in [0.15, 0.2) is 12.1 Å². The molecule has 21 heavy (non-hydrogen) atoms. The number of benzene rings is 1. The lowest BCUT2D eigenvalue weighted by Gasteiger charge is -2.19. The molecule has 1 amide bonds. The molecule has 0 saturated heterocycles. The van der Waals surface area contributed by atoms with Gasteiger partial charge in [-0.05, 0) is 38.8 Å². The Morgan fingerprint density at radius 2 is 1.76 bits per heavy atom. The van der Waals surface area contributed by atoms with Gasteiger partial charge in [-0.25, -0.2) is 9.18 Å². The first kappa shape index (κ1) is 17.1. The third-order valence-electron chi connectivity index (χ3n) is 2.62. The van der Waals surface area contributed by atoms with Gasteiger partial charge in [-0.2, -0.15) is 0 Å². The molecule has 0 heterocycles. The molecule has 0 aliphatic heterocycles. The van der Waals surface area contributed by atoms with E-state index in [1.54, 1.807) is 26.8 Å². The van der Waals surface area contributed by atoms with Crippen molar-refractivity contribution in [1.82, 2.24) is 5.32 Å². The van der Waals surface area contributed by atoms with Gasteiger partial charge < -0.3 is 19.5 Å². The van der Waals surface area contributed by atoms with Crippen molar-refractivity contribution >= 4 is 6.09 Å². The van der Waals surface area contributed by atoms with Crippen molar-refractivity contribution in [2.45, 2.75) is 32.8 Å². The maximum absolute atomic E-state index is 13.9. The summed E-state index contributed by atoms with van der Waals surface area (Å²) in [6.45, 7) is 5.60. The van der Waals surface area contributed by atoms with Crippen molar-refractivity contribution in [2.75, 3.05) is 20.8 Å². The highest BCUT2D eigenvalue weighted by atomic mass is 18.2. The van der Waals surface area contributed by atoms with E-state index in [4.69, 9.17) is 14.2 Å². The summed E-state index contributed by atoms with van der Waals surface area (Å²) >= 11 is 0. The normalized spacial score (nSPS) is 11.0. The van der Waals surface area contributed by atoms with E-state index in [0.29, 0.717) is 23.5 Å². The third kappa shape index (κ3) is 5.49. The molecule has 1 rings (SSSR count). The van der Waals surface area contributed by atoms with Crippen LogP contribution in [0, 0.1) is 5.82 Å². The van der Waals surface area contributed by atoms with Crippen LogP contribution in [0.1, 0.15) is 26.3 Å². The molecule has 0 atom stereocenters. The van der Waals surface area contributed by atoms with E-state index in [1.807, 2.05) is 0 Å². The Hall–Kier alpha value is -1.98. The number of nitrogens with one attached hydrogen (secondary N) is 1. The molecule has 0 spiro atoms. The molecule has 0 bridgehead atoms. The minimum absolute atomic E-state index is 0.265. The van der Waals surface area contributed by atoms with Gasteiger partial charge in [0, 0.05) is 12.6 Å². The number of hydrogen-bond acceptors (Lipinski definition) is 4. The molecule has 1 aromatic rings. The molecule has 0 saturated carbocycles. The number of methoxy groups -OCH3 is 2. The lowest BCUT2D eigenvalue weighted by molar-refractivity contribution is 0.0528. The smallest absolute Gasteiger partial charge is 0.407 e. The van der Waals surface area contributed by atoms with E-state index in [0.717, 1.165) is 0 Å². The summed E-state index contributed by atoms with van der Waals surface area (Å²) in [6.07, 6.45) is -0.200. The zero-order valence-corrected chi connectivity index (χ0v) is 13.1. The molecule has 5 nitrogen and oxygen atoms in total. The average molecular weight is 298 g/mol. The summed E-state index contributed by atoms with van der Waals surface area (Å²) in [4.78, 5) is 11.5. The molecule has 0 aliphatic rings. The average Bonchev–Trinajstić information content (AvgIpc) is 2.38. The van der Waals surface area contributed by atoms with E-state index in [2.05, 4.69) is 5.32 Å². The second-order valence-corrected chi connectivity index (χ2v) is 5.48. The predicted molar refractivity (Wildman–Crippen MR) is 77.4 cm³/mol. The number of ether oxygens (including phenoxy) is 3. The number of carbonyl (C=O) groups is 1. The van der Waals surface area contributed by atoms with Gasteiger partial charge in [0.15, 0.2) is 11.5 Å². The molecule has 0 unspecified atom stereocenters. The van der Waals surface area contributed by atoms with Crippen LogP contribution in [0.4, 0.5) is 9.18 Å². The Bertz CT molecular complexity index is 497. The highest BCUT2D eigenvalue weighted by Gasteiger charge is 2.16. The minimum Gasteiger partial charge on any atom is -0.493 e. The SMILES string of the molecule is COc1cc([18F])c(CCNC(=O)OC(C)(C)C)cc1OC. The molecule has 0 aromatic heterocycles. The Labute approximate surface area is 124 Å². The third-order valence-corrected chi connectivity index (χ3v) is 2.62. The maximum atomic E-state index is 13.9. The number of halogens is 1. The molecule has 1 N–H and O–H groups in total. The fraction of sp³-hybridized carbons (Fsp3) is 0.533. The summed E-state index contributed by atoms with van der Waals surface area (Å²) in [5.74, 6) is 0.378. The number of amides is 1. The van der Waals surface area contributed by atoms with E-state index < -0.39 is 17.5 Å². The topological polar surface area (TPSA) is 56.8 Å². The van der Waals surface area contributed by atoms with Gasteiger partial charge >= 0.3 is 6.09 Å². The van der Waals surface area contributed by atoms with Crippen LogP contribution in [-0.4, -0.2) is 32.5 Å². The lowest BCUT2D eigenvalue weighted by atomic mass is 10.1. The molecule has 0 radical (unpaired) electrons. The Kier molecular flexibility index (Phi) is 5.81. The van der Waals surface area contributed by atoms with Gasteiger partial charge in [-0.15, -0.1) is 0 Å². The Morgan fingerprint density at radius 1 is 1.19 bits per heavy atom. The van der Waals surface area contributed by atoms with Crippen molar-refractivity contribution in [3.8, 4) is 11.5 Å². The lowest BCUT2D eigenvalue weighted by Crippen LogP contribution is -2.33. The Morgan fingerprint density at radius 3 is 2.29 bits per heavy atom. The van der Waals surface area contributed by atoms with Crippen LogP contribution in [0.5, 0.6) is 11.5 Å². The molecular weight excluding hydrogens is 276 g/mol. The van der Waals surface area contributed by atoms with Gasteiger partial charge in [0.25, 0.3) is 0 Å². The van der Waals surface area contributed by atoms with Gasteiger partial charge in [0.2, 0.25) is 0 Å². The zero-order chi connectivity index (χ0) is 16.0. The van der Waals surface area contributed by atoms with E-state index in [1.165, 1.54) is 20.3 Å². The summed E-state index contributed by atoms with van der Waals surface area (Å²) < 4.78 is 29.1. The molecule has 0 fully saturated rings. The number of hydrogen-bond donors (Lipinski definition) is 1. The van der Waals surface area contributed by atoms with Crippen molar-refractivity contribution in [3.05, 3.63) is 23.5 Å². The monoisotopic (exact) mass is 298 g/mol. The van der Waals surface area contributed by atoms with Crippen LogP contribution >= 0.6 is 0 Å². The fourth-order valence-corrected chi connectivity index (χ4v) is 1.70. The van der Waals surface area contributed by atoms with Gasteiger partial charge in [0.1, 0.15) is 11.4 Å². The van der Waals surface area contributed by atoms with E-state index in [9.17, 15) is 9.18 Å². The predicted octanol–water partition coefficient (Wildman–Crippen LogP) is 2.91. The summed E-state index contributed by atoms with van der Waals surface area (Å²) in [6, 6.07) is 2.83. The summed E-state index contributed by atoms with van der Waals surface area (Å²) in [5.41, 5.74) is -0.123. The fourth-order valence-electron chi connectivity index (χ4n) is 1.70. The highest BCUT2D eigenvalue weighted by Crippen LogP contribution is 2.29. The van der Waals surface area contributed by atoms with Crippen molar-refractivity contribution < 1.29 is 23.4 Å². The van der Waals surface area contributed by atoms with E-state index in [-0.39, 0.29) is 6.54 Å². The first-order valence-corrected chi connectivity index (χ1v) is 6.64. The number of rotatable bonds is 5. The molecular formula is C15H22FNO4. The molecule has 1 aromatic carbocycles. The molecule has 118 valence electrons. The highest BCUT2D eigenvalue weighted by molar-refractivity contribution is 5.67. The summed E-state index contributed by atoms with van der Waals surface area (Å²) in [5, 5.41) is 2.58. The van der Waals surface area contributed by atoms with Crippen molar-refractivity contribution in [1.29, 1.82) is 0 Å². The van der Waals surface area contributed by atoms with Crippen LogP contribution in [-0.2, 0) is 11.2 Å². The second-order valence-electron chi connectivity index (χ2n) is 5.48. The van der Waals surface area contributed by atoms with Gasteiger partial charge in [-0.1, -0.05) is 0 Å². The standard InChI is InChI=1S/C15H22FNO4/c1-15(2,3)21-14(18)17-7-6-10-8-12(19-4)13(20-5)9-11(10)16/h8-9H,6-7H2,1-5H3,(H,17,18)/i16-1. The first-order chi connectivity index (χ1) is 9.76. The molecule has 6 heteroatoms. The largest absolute Gasteiger partial charge is 0.493 e. The zero-order valence-electron chi connectivity index (χ0n) is 13.1. The summed E-state index contributed by atoms with van der Waals surface area (Å²) in [7, 11) is 2.93.